The van der Waals surface area contributed by atoms with E-state index in [0.29, 0.717) is 18.4 Å². The molecule has 9 atom stereocenters. The molecular weight excluding hydrogens is 550 g/mol. The number of nitrogens with one attached hydrogen (secondary N) is 1. The summed E-state index contributed by atoms with van der Waals surface area (Å²) < 4.78 is 5.10. The standard InChI is InChI=1S/C29H37N3O10/c1-6-8-14(28(40)42-7-2)31-13-10-9-12-11(3)15-17(22(34)16(12)21(13)33)25(37)29(41)19(23(15)35)20(32(4)5)24(36)18(26(29)38)27(30)39/h9-11,14-15,17-20,23,31,33,35,41H,6-8H2,1-5H3,(H2,30,39)/t11?,14?,15?,17?,18?,19?,20-,23?,29-/m0/s1. The van der Waals surface area contributed by atoms with Gasteiger partial charge in [-0.05, 0) is 45.0 Å². The van der Waals surface area contributed by atoms with Crippen molar-refractivity contribution in [2.75, 3.05) is 26.0 Å². The van der Waals surface area contributed by atoms with Crippen LogP contribution in [0.4, 0.5) is 5.69 Å². The van der Waals surface area contributed by atoms with Crippen LogP contribution < -0.4 is 11.1 Å². The van der Waals surface area contributed by atoms with Crippen molar-refractivity contribution in [3.8, 4) is 5.75 Å². The number of ether oxygens (including phenoxy) is 1. The van der Waals surface area contributed by atoms with E-state index in [9.17, 15) is 44.1 Å². The normalized spacial score (nSPS) is 33.0. The molecule has 3 aliphatic rings. The summed E-state index contributed by atoms with van der Waals surface area (Å²) >= 11 is 0. The summed E-state index contributed by atoms with van der Waals surface area (Å²) in [4.78, 5) is 80.7. The molecule has 0 aliphatic heterocycles. The Hall–Kier alpha value is -3.68. The second kappa shape index (κ2) is 11.2. The number of ketones is 4. The highest BCUT2D eigenvalue weighted by Crippen LogP contribution is 2.55. The molecule has 0 heterocycles. The van der Waals surface area contributed by atoms with Gasteiger partial charge in [0.25, 0.3) is 0 Å². The van der Waals surface area contributed by atoms with Gasteiger partial charge in [0.2, 0.25) is 5.91 Å². The first-order valence-electron chi connectivity index (χ1n) is 14.0. The smallest absolute Gasteiger partial charge is 0.328 e. The Morgan fingerprint density at radius 3 is 2.33 bits per heavy atom. The summed E-state index contributed by atoms with van der Waals surface area (Å²) in [5.74, 6) is -14.7. The lowest BCUT2D eigenvalue weighted by Gasteiger charge is -2.56. The number of primary amides is 1. The lowest BCUT2D eigenvalue weighted by atomic mass is 9.49. The number of phenols is 1. The van der Waals surface area contributed by atoms with E-state index < -0.39 is 94.1 Å². The Bertz CT molecular complexity index is 1360. The van der Waals surface area contributed by atoms with Crippen LogP contribution in [-0.2, 0) is 28.7 Å². The second-order valence-corrected chi connectivity index (χ2v) is 11.5. The molecule has 2 saturated carbocycles. The quantitative estimate of drug-likeness (QED) is 0.148. The number of nitrogens with two attached hydrogens (primary N) is 1. The average Bonchev–Trinajstić information content (AvgIpc) is 2.91. The molecule has 2 fully saturated rings. The van der Waals surface area contributed by atoms with Crippen LogP contribution in [0.1, 0.15) is 55.5 Å². The maximum Gasteiger partial charge on any atom is 0.328 e. The van der Waals surface area contributed by atoms with Crippen LogP contribution in [0.25, 0.3) is 0 Å². The highest BCUT2D eigenvalue weighted by molar-refractivity contribution is 6.32. The summed E-state index contributed by atoms with van der Waals surface area (Å²) in [6.07, 6.45) is -0.750. The number of carbonyl (C=O) groups is 6. The average molecular weight is 588 g/mol. The van der Waals surface area contributed by atoms with E-state index in [1.807, 2.05) is 6.92 Å². The number of likely N-dealkylation sites (N-methyl/N-ethyl adjacent to an activating group) is 1. The molecule has 3 aliphatic carbocycles. The minimum atomic E-state index is -3.07. The third kappa shape index (κ3) is 4.41. The van der Waals surface area contributed by atoms with Gasteiger partial charge in [0, 0.05) is 5.92 Å². The molecule has 1 aromatic carbocycles. The van der Waals surface area contributed by atoms with Crippen LogP contribution in [0, 0.1) is 23.7 Å². The summed E-state index contributed by atoms with van der Waals surface area (Å²) in [6.45, 7) is 5.27. The predicted octanol–water partition coefficient (Wildman–Crippen LogP) is -0.457. The number of amides is 1. The lowest BCUT2D eigenvalue weighted by Crippen LogP contribution is -2.77. The number of nitrogens with zero attached hydrogens (tertiary/aromatic N) is 1. The Morgan fingerprint density at radius 2 is 1.79 bits per heavy atom. The van der Waals surface area contributed by atoms with Crippen molar-refractivity contribution in [3.05, 3.63) is 23.3 Å². The number of Topliss-reactive ketones (excluding diaryl/α,β-unsaturated/α-hetero) is 4. The van der Waals surface area contributed by atoms with Crippen molar-refractivity contribution in [3.63, 3.8) is 0 Å². The van der Waals surface area contributed by atoms with Crippen LogP contribution in [0.15, 0.2) is 12.1 Å². The molecule has 7 unspecified atom stereocenters. The SMILES string of the molecule is CCCC(Nc1ccc2c(c1O)C(=O)C1C(=O)[C@]3(O)C(=O)C(C(N)=O)C(=O)[C@@H](N(C)C)C3C(O)C1C2C)C(=O)OCC. The Labute approximate surface area is 242 Å². The number of phenolic OH excluding ortho intramolecular Hbond substituents is 1. The van der Waals surface area contributed by atoms with Gasteiger partial charge in [0.05, 0.1) is 41.8 Å². The van der Waals surface area contributed by atoms with Gasteiger partial charge in [-0.15, -0.1) is 0 Å². The molecule has 0 spiro atoms. The lowest BCUT2D eigenvalue weighted by molar-refractivity contribution is -0.196. The van der Waals surface area contributed by atoms with Crippen LogP contribution in [-0.4, -0.2) is 99.7 Å². The highest BCUT2D eigenvalue weighted by Gasteiger charge is 2.72. The number of aliphatic hydroxyl groups excluding tert-OH is 1. The number of hydrogen-bond donors (Lipinski definition) is 5. The van der Waals surface area contributed by atoms with Crippen molar-refractivity contribution in [2.24, 2.45) is 29.4 Å². The van der Waals surface area contributed by atoms with Gasteiger partial charge in [0.1, 0.15) is 11.8 Å². The highest BCUT2D eigenvalue weighted by atomic mass is 16.5. The molecule has 0 radical (unpaired) electrons. The van der Waals surface area contributed by atoms with Crippen molar-refractivity contribution in [1.82, 2.24) is 4.90 Å². The molecule has 4 rings (SSSR count). The minimum Gasteiger partial charge on any atom is -0.505 e. The fraction of sp³-hybridized carbons (Fsp3) is 0.586. The molecular formula is C29H37N3O10. The van der Waals surface area contributed by atoms with Gasteiger partial charge in [-0.3, -0.25) is 28.9 Å². The first kappa shape index (κ1) is 31.3. The molecule has 0 aromatic heterocycles. The molecule has 1 aromatic rings. The van der Waals surface area contributed by atoms with Crippen molar-refractivity contribution >= 4 is 40.7 Å². The third-order valence-corrected chi connectivity index (χ3v) is 8.97. The zero-order valence-corrected chi connectivity index (χ0v) is 24.1. The minimum absolute atomic E-state index is 0.0282. The second-order valence-electron chi connectivity index (χ2n) is 11.5. The predicted molar refractivity (Wildman–Crippen MR) is 146 cm³/mol. The maximum absolute atomic E-state index is 14.1. The molecule has 13 nitrogen and oxygen atoms in total. The van der Waals surface area contributed by atoms with Crippen molar-refractivity contribution < 1.29 is 48.8 Å². The number of hydrogen-bond acceptors (Lipinski definition) is 12. The fourth-order valence-corrected chi connectivity index (χ4v) is 7.07. The van der Waals surface area contributed by atoms with E-state index in [1.54, 1.807) is 13.8 Å². The summed E-state index contributed by atoms with van der Waals surface area (Å²) in [5, 5.41) is 37.5. The monoisotopic (exact) mass is 587 g/mol. The maximum atomic E-state index is 14.1. The van der Waals surface area contributed by atoms with Gasteiger partial charge in [-0.2, -0.15) is 0 Å². The van der Waals surface area contributed by atoms with Gasteiger partial charge >= 0.3 is 5.97 Å². The first-order chi connectivity index (χ1) is 19.7. The van der Waals surface area contributed by atoms with Gasteiger partial charge in [-0.25, -0.2) is 4.79 Å². The fourth-order valence-electron chi connectivity index (χ4n) is 7.07. The number of esters is 1. The summed E-state index contributed by atoms with van der Waals surface area (Å²) in [7, 11) is 2.86. The number of rotatable bonds is 8. The van der Waals surface area contributed by atoms with E-state index in [-0.39, 0.29) is 17.9 Å². The van der Waals surface area contributed by atoms with Crippen molar-refractivity contribution in [1.29, 1.82) is 0 Å². The number of anilines is 1. The Morgan fingerprint density at radius 1 is 1.14 bits per heavy atom. The first-order valence-corrected chi connectivity index (χ1v) is 14.0. The zero-order valence-electron chi connectivity index (χ0n) is 24.1. The van der Waals surface area contributed by atoms with Crippen LogP contribution >= 0.6 is 0 Å². The van der Waals surface area contributed by atoms with E-state index in [2.05, 4.69) is 5.32 Å². The van der Waals surface area contributed by atoms with E-state index in [4.69, 9.17) is 10.5 Å². The van der Waals surface area contributed by atoms with E-state index in [1.165, 1.54) is 31.1 Å². The molecule has 228 valence electrons. The topological polar surface area (TPSA) is 214 Å². The van der Waals surface area contributed by atoms with Crippen molar-refractivity contribution in [2.45, 2.75) is 63.3 Å². The molecule has 0 bridgehead atoms. The van der Waals surface area contributed by atoms with E-state index >= 15 is 0 Å². The third-order valence-electron chi connectivity index (χ3n) is 8.97. The Balaban J connectivity index is 1.84. The van der Waals surface area contributed by atoms with Crippen LogP contribution in [0.2, 0.25) is 0 Å². The van der Waals surface area contributed by atoms with E-state index in [0.717, 1.165) is 0 Å². The van der Waals surface area contributed by atoms with Gasteiger partial charge in [-0.1, -0.05) is 26.3 Å². The number of benzene rings is 1. The Kier molecular flexibility index (Phi) is 8.33. The number of aromatic hydroxyl groups is 1. The van der Waals surface area contributed by atoms with Crippen LogP contribution in [0.3, 0.4) is 0 Å². The molecule has 1 amide bonds. The number of fused-ring (bicyclic) bond motifs is 3. The zero-order chi connectivity index (χ0) is 31.4. The number of aliphatic hydroxyl groups is 2. The molecule has 6 N–H and O–H groups in total. The largest absolute Gasteiger partial charge is 0.505 e. The molecule has 13 heteroatoms. The van der Waals surface area contributed by atoms with Gasteiger partial charge in [0.15, 0.2) is 34.7 Å². The summed E-state index contributed by atoms with van der Waals surface area (Å²) in [6, 6.07) is 0.730. The van der Waals surface area contributed by atoms with Gasteiger partial charge < -0.3 is 31.1 Å². The number of carbonyl (C=O) groups excluding carboxylic acids is 6. The van der Waals surface area contributed by atoms with Crippen LogP contribution in [0.5, 0.6) is 5.75 Å². The molecule has 42 heavy (non-hydrogen) atoms. The molecule has 0 saturated heterocycles. The summed E-state index contributed by atoms with van der Waals surface area (Å²) in [5.41, 5.74) is 2.33.